The average molecular weight is 211 g/mol. The summed E-state index contributed by atoms with van der Waals surface area (Å²) in [6.45, 7) is 4.08. The number of hydrogen-bond acceptors (Lipinski definition) is 4. The van der Waals surface area contributed by atoms with Crippen LogP contribution in [-0.4, -0.2) is 39.1 Å². The summed E-state index contributed by atoms with van der Waals surface area (Å²) in [4.78, 5) is 17.3. The molecule has 1 atom stereocenters. The number of nitrogens with two attached hydrogens (primary N) is 1. The summed E-state index contributed by atoms with van der Waals surface area (Å²) >= 11 is 0. The first kappa shape index (κ1) is 11.6. The Morgan fingerprint density at radius 1 is 1.67 bits per heavy atom. The minimum absolute atomic E-state index is 0.0834. The molecule has 0 aliphatic heterocycles. The molecule has 6 nitrogen and oxygen atoms in total. The number of aromatic nitrogens is 3. The van der Waals surface area contributed by atoms with E-state index in [1.165, 1.54) is 4.90 Å². The van der Waals surface area contributed by atoms with Gasteiger partial charge in [0.15, 0.2) is 5.82 Å². The van der Waals surface area contributed by atoms with Crippen LogP contribution in [0.2, 0.25) is 0 Å². The highest BCUT2D eigenvalue weighted by Crippen LogP contribution is 2.00. The van der Waals surface area contributed by atoms with Crippen molar-refractivity contribution in [3.05, 3.63) is 11.6 Å². The van der Waals surface area contributed by atoms with E-state index in [1.807, 2.05) is 13.8 Å². The molecule has 3 N–H and O–H groups in total. The second-order valence-corrected chi connectivity index (χ2v) is 3.55. The molecule has 0 saturated heterocycles. The molecule has 0 unspecified atom stereocenters. The first-order valence-corrected chi connectivity index (χ1v) is 4.93. The van der Waals surface area contributed by atoms with Crippen molar-refractivity contribution in [3.63, 3.8) is 0 Å². The SMILES string of the molecule is CC[C@H](N)C(=O)N(C)Cc1n[nH]c(C)n1. The molecule has 0 bridgehead atoms. The van der Waals surface area contributed by atoms with Crippen LogP contribution in [0.15, 0.2) is 0 Å². The second kappa shape index (κ2) is 4.88. The van der Waals surface area contributed by atoms with Gasteiger partial charge in [0, 0.05) is 7.05 Å². The topological polar surface area (TPSA) is 87.9 Å². The molecule has 1 aromatic heterocycles. The fourth-order valence-corrected chi connectivity index (χ4v) is 1.21. The molecule has 0 aliphatic carbocycles. The Hall–Kier alpha value is -1.43. The van der Waals surface area contributed by atoms with Crippen molar-refractivity contribution >= 4 is 5.91 Å². The molecule has 0 spiro atoms. The van der Waals surface area contributed by atoms with Crippen molar-refractivity contribution in [2.24, 2.45) is 5.73 Å². The Bertz CT molecular complexity index is 335. The third-order valence-corrected chi connectivity index (χ3v) is 2.16. The third kappa shape index (κ3) is 3.02. The molecule has 0 aromatic carbocycles. The second-order valence-electron chi connectivity index (χ2n) is 3.55. The van der Waals surface area contributed by atoms with E-state index in [-0.39, 0.29) is 5.91 Å². The number of hydrogen-bond donors (Lipinski definition) is 2. The minimum atomic E-state index is -0.435. The Balaban J connectivity index is 2.55. The van der Waals surface area contributed by atoms with E-state index in [4.69, 9.17) is 5.73 Å². The van der Waals surface area contributed by atoms with Crippen molar-refractivity contribution in [2.75, 3.05) is 7.05 Å². The van der Waals surface area contributed by atoms with Crippen LogP contribution in [0, 0.1) is 6.92 Å². The Morgan fingerprint density at radius 3 is 2.80 bits per heavy atom. The monoisotopic (exact) mass is 211 g/mol. The maximum absolute atomic E-state index is 11.6. The molecular weight excluding hydrogens is 194 g/mol. The fourth-order valence-electron chi connectivity index (χ4n) is 1.21. The van der Waals surface area contributed by atoms with E-state index in [0.717, 1.165) is 5.82 Å². The van der Waals surface area contributed by atoms with Gasteiger partial charge >= 0.3 is 0 Å². The highest BCUT2D eigenvalue weighted by atomic mass is 16.2. The van der Waals surface area contributed by atoms with Crippen LogP contribution >= 0.6 is 0 Å². The van der Waals surface area contributed by atoms with Crippen LogP contribution in [-0.2, 0) is 11.3 Å². The Kier molecular flexibility index (Phi) is 3.79. The van der Waals surface area contributed by atoms with Gasteiger partial charge in [-0.3, -0.25) is 9.89 Å². The van der Waals surface area contributed by atoms with Crippen molar-refractivity contribution in [1.82, 2.24) is 20.1 Å². The van der Waals surface area contributed by atoms with Gasteiger partial charge in [-0.25, -0.2) is 4.98 Å². The number of likely N-dealkylation sites (N-methyl/N-ethyl adjacent to an activating group) is 1. The van der Waals surface area contributed by atoms with Crippen LogP contribution in [0.25, 0.3) is 0 Å². The van der Waals surface area contributed by atoms with Crippen LogP contribution < -0.4 is 5.73 Å². The molecule has 0 fully saturated rings. The van der Waals surface area contributed by atoms with Gasteiger partial charge in [0.25, 0.3) is 0 Å². The molecule has 1 rings (SSSR count). The summed E-state index contributed by atoms with van der Waals surface area (Å²) in [7, 11) is 1.70. The minimum Gasteiger partial charge on any atom is -0.337 e. The van der Waals surface area contributed by atoms with E-state index >= 15 is 0 Å². The number of carbonyl (C=O) groups excluding carboxylic acids is 1. The quantitative estimate of drug-likeness (QED) is 0.722. The number of carbonyl (C=O) groups is 1. The standard InChI is InChI=1S/C9H17N5O/c1-4-7(10)9(15)14(3)5-8-11-6(2)12-13-8/h7H,4-5,10H2,1-3H3,(H,11,12,13)/t7-/m0/s1. The molecule has 1 heterocycles. The zero-order valence-electron chi connectivity index (χ0n) is 9.32. The van der Waals surface area contributed by atoms with Crippen molar-refractivity contribution in [2.45, 2.75) is 32.9 Å². The Morgan fingerprint density at radius 2 is 2.33 bits per heavy atom. The summed E-state index contributed by atoms with van der Waals surface area (Å²) in [5.74, 6) is 1.26. The number of nitrogens with zero attached hydrogens (tertiary/aromatic N) is 3. The van der Waals surface area contributed by atoms with Crippen LogP contribution in [0.4, 0.5) is 0 Å². The van der Waals surface area contributed by atoms with Crippen molar-refractivity contribution in [1.29, 1.82) is 0 Å². The zero-order chi connectivity index (χ0) is 11.4. The van der Waals surface area contributed by atoms with Gasteiger partial charge in [-0.1, -0.05) is 6.92 Å². The molecule has 15 heavy (non-hydrogen) atoms. The number of aromatic amines is 1. The predicted octanol–water partition coefficient (Wildman–Crippen LogP) is -0.191. The third-order valence-electron chi connectivity index (χ3n) is 2.16. The number of aryl methyl sites for hydroxylation is 1. The number of rotatable bonds is 4. The van der Waals surface area contributed by atoms with Gasteiger partial charge in [0.1, 0.15) is 5.82 Å². The highest BCUT2D eigenvalue weighted by molar-refractivity contribution is 5.81. The van der Waals surface area contributed by atoms with E-state index in [9.17, 15) is 4.79 Å². The number of nitrogens with one attached hydrogen (secondary N) is 1. The van der Waals surface area contributed by atoms with Gasteiger partial charge in [-0.05, 0) is 13.3 Å². The maximum atomic E-state index is 11.6. The van der Waals surface area contributed by atoms with Crippen molar-refractivity contribution < 1.29 is 4.79 Å². The summed E-state index contributed by atoms with van der Waals surface area (Å²) in [6.07, 6.45) is 0.635. The maximum Gasteiger partial charge on any atom is 0.239 e. The molecule has 1 amide bonds. The summed E-state index contributed by atoms with van der Waals surface area (Å²) in [5.41, 5.74) is 5.64. The molecule has 0 aliphatic rings. The molecule has 0 radical (unpaired) electrons. The molecule has 84 valence electrons. The lowest BCUT2D eigenvalue weighted by Crippen LogP contribution is -2.41. The van der Waals surface area contributed by atoms with Crippen LogP contribution in [0.5, 0.6) is 0 Å². The van der Waals surface area contributed by atoms with Gasteiger partial charge in [0.2, 0.25) is 5.91 Å². The lowest BCUT2D eigenvalue weighted by molar-refractivity contribution is -0.131. The summed E-state index contributed by atoms with van der Waals surface area (Å²) < 4.78 is 0. The van der Waals surface area contributed by atoms with E-state index < -0.39 is 6.04 Å². The lowest BCUT2D eigenvalue weighted by atomic mass is 10.2. The first-order valence-electron chi connectivity index (χ1n) is 4.93. The summed E-state index contributed by atoms with van der Waals surface area (Å²) in [5, 5.41) is 6.68. The smallest absolute Gasteiger partial charge is 0.239 e. The molecule has 6 heteroatoms. The normalized spacial score (nSPS) is 12.5. The van der Waals surface area contributed by atoms with Gasteiger partial charge in [0.05, 0.1) is 12.6 Å². The lowest BCUT2D eigenvalue weighted by Gasteiger charge is -2.18. The van der Waals surface area contributed by atoms with Gasteiger partial charge in [-0.2, -0.15) is 5.10 Å². The first-order chi connectivity index (χ1) is 7.04. The fraction of sp³-hybridized carbons (Fsp3) is 0.667. The predicted molar refractivity (Wildman–Crippen MR) is 55.9 cm³/mol. The van der Waals surface area contributed by atoms with E-state index in [2.05, 4.69) is 15.2 Å². The average Bonchev–Trinajstić information content (AvgIpc) is 2.61. The number of amides is 1. The molecule has 1 aromatic rings. The number of H-pyrrole nitrogens is 1. The Labute approximate surface area is 88.9 Å². The van der Waals surface area contributed by atoms with E-state index in [0.29, 0.717) is 18.8 Å². The van der Waals surface area contributed by atoms with Crippen molar-refractivity contribution in [3.8, 4) is 0 Å². The zero-order valence-corrected chi connectivity index (χ0v) is 9.32. The van der Waals surface area contributed by atoms with Gasteiger partial charge < -0.3 is 10.6 Å². The summed E-state index contributed by atoms with van der Waals surface area (Å²) in [6, 6.07) is -0.435. The largest absolute Gasteiger partial charge is 0.337 e. The molecule has 0 saturated carbocycles. The van der Waals surface area contributed by atoms with Crippen LogP contribution in [0.3, 0.4) is 0 Å². The van der Waals surface area contributed by atoms with Crippen LogP contribution in [0.1, 0.15) is 25.0 Å². The van der Waals surface area contributed by atoms with Gasteiger partial charge in [-0.15, -0.1) is 0 Å². The highest BCUT2D eigenvalue weighted by Gasteiger charge is 2.17. The molecular formula is C9H17N5O. The van der Waals surface area contributed by atoms with E-state index in [1.54, 1.807) is 7.05 Å².